The summed E-state index contributed by atoms with van der Waals surface area (Å²) in [4.78, 5) is 48.7. The Labute approximate surface area is 178 Å². The van der Waals surface area contributed by atoms with Gasteiger partial charge in [0.1, 0.15) is 12.2 Å². The second-order valence-corrected chi connectivity index (χ2v) is 7.54. The lowest BCUT2D eigenvalue weighted by Crippen LogP contribution is -2.55. The molecule has 1 fully saturated rings. The zero-order chi connectivity index (χ0) is 22.5. The Morgan fingerprint density at radius 2 is 0.800 bits per heavy atom. The van der Waals surface area contributed by atoms with Crippen LogP contribution in [0.3, 0.4) is 0 Å². The van der Waals surface area contributed by atoms with E-state index in [0.717, 1.165) is 0 Å². The third-order valence-corrected chi connectivity index (χ3v) is 4.71. The normalized spacial score (nSPS) is 23.3. The van der Waals surface area contributed by atoms with Gasteiger partial charge in [-0.15, -0.1) is 0 Å². The van der Waals surface area contributed by atoms with Crippen LogP contribution in [0.4, 0.5) is 0 Å². The predicted molar refractivity (Wildman–Crippen MR) is 108 cm³/mol. The van der Waals surface area contributed by atoms with Crippen molar-refractivity contribution < 1.29 is 38.1 Å². The fourth-order valence-corrected chi connectivity index (χ4v) is 3.31. The molecule has 0 saturated heterocycles. The summed E-state index contributed by atoms with van der Waals surface area (Å²) < 4.78 is 22.3. The number of carbonyl (C=O) groups is 4. The van der Waals surface area contributed by atoms with Crippen molar-refractivity contribution in [2.24, 2.45) is 0 Å². The van der Waals surface area contributed by atoms with E-state index >= 15 is 0 Å². The van der Waals surface area contributed by atoms with Gasteiger partial charge in [0, 0.05) is 25.7 Å². The summed E-state index contributed by atoms with van der Waals surface area (Å²) in [7, 11) is 0. The van der Waals surface area contributed by atoms with Gasteiger partial charge in [0.05, 0.1) is 0 Å². The lowest BCUT2D eigenvalue weighted by Gasteiger charge is -2.40. The molecule has 4 atom stereocenters. The molecule has 1 rings (SSSR count). The molecule has 8 nitrogen and oxygen atoms in total. The Bertz CT molecular complexity index is 523. The molecule has 0 spiro atoms. The van der Waals surface area contributed by atoms with Crippen LogP contribution in [0.5, 0.6) is 0 Å². The molecule has 1 saturated carbocycles. The average Bonchev–Trinajstić information content (AvgIpc) is 2.67. The zero-order valence-electron chi connectivity index (χ0n) is 18.6. The van der Waals surface area contributed by atoms with Crippen molar-refractivity contribution in [3.63, 3.8) is 0 Å². The van der Waals surface area contributed by atoms with Gasteiger partial charge in [-0.05, 0) is 38.5 Å². The molecule has 0 N–H and O–H groups in total. The van der Waals surface area contributed by atoms with Crippen molar-refractivity contribution in [2.75, 3.05) is 0 Å². The lowest BCUT2D eigenvalue weighted by atomic mass is 9.88. The number of hydrogen-bond donors (Lipinski definition) is 0. The number of rotatable bonds is 12. The van der Waals surface area contributed by atoms with E-state index in [4.69, 9.17) is 18.9 Å². The Balaban J connectivity index is 3.12. The second-order valence-electron chi connectivity index (χ2n) is 7.54. The zero-order valence-corrected chi connectivity index (χ0v) is 18.6. The van der Waals surface area contributed by atoms with Crippen LogP contribution in [0.2, 0.25) is 0 Å². The van der Waals surface area contributed by atoms with Crippen molar-refractivity contribution in [2.45, 2.75) is 116 Å². The van der Waals surface area contributed by atoms with Gasteiger partial charge in [0.2, 0.25) is 0 Å². The highest BCUT2D eigenvalue weighted by Gasteiger charge is 2.48. The first-order valence-corrected chi connectivity index (χ1v) is 11.1. The van der Waals surface area contributed by atoms with E-state index in [9.17, 15) is 19.2 Å². The first-order chi connectivity index (χ1) is 14.4. The molecule has 0 heterocycles. The summed E-state index contributed by atoms with van der Waals surface area (Å²) in [6.07, 6.45) is 0.385. The summed E-state index contributed by atoms with van der Waals surface area (Å²) in [6, 6.07) is 0. The van der Waals surface area contributed by atoms with E-state index < -0.39 is 48.3 Å². The van der Waals surface area contributed by atoms with E-state index in [1.165, 1.54) is 0 Å². The molecule has 0 bridgehead atoms. The van der Waals surface area contributed by atoms with Crippen molar-refractivity contribution in [3.05, 3.63) is 0 Å². The smallest absolute Gasteiger partial charge is 0.306 e. The minimum absolute atomic E-state index is 0.183. The quantitative estimate of drug-likeness (QED) is 0.343. The van der Waals surface area contributed by atoms with Gasteiger partial charge in [-0.25, -0.2) is 0 Å². The van der Waals surface area contributed by atoms with Gasteiger partial charge in [0.15, 0.2) is 12.2 Å². The molecule has 1 aliphatic rings. The first kappa shape index (κ1) is 25.9. The molecular weight excluding hydrogens is 392 g/mol. The Morgan fingerprint density at radius 3 is 1.07 bits per heavy atom. The Hall–Kier alpha value is -2.12. The molecule has 1 aliphatic carbocycles. The van der Waals surface area contributed by atoms with Gasteiger partial charge in [-0.2, -0.15) is 0 Å². The average molecular weight is 429 g/mol. The first-order valence-electron chi connectivity index (χ1n) is 11.1. The van der Waals surface area contributed by atoms with Gasteiger partial charge in [-0.1, -0.05) is 27.7 Å². The van der Waals surface area contributed by atoms with Crippen molar-refractivity contribution in [1.29, 1.82) is 0 Å². The monoisotopic (exact) mass is 428 g/mol. The van der Waals surface area contributed by atoms with Crippen LogP contribution in [-0.4, -0.2) is 48.3 Å². The van der Waals surface area contributed by atoms with Crippen LogP contribution in [0.25, 0.3) is 0 Å². The van der Waals surface area contributed by atoms with Crippen LogP contribution in [0, 0.1) is 0 Å². The molecule has 30 heavy (non-hydrogen) atoms. The summed E-state index contributed by atoms with van der Waals surface area (Å²) in [5, 5.41) is 0. The van der Waals surface area contributed by atoms with E-state index in [1.807, 2.05) is 27.7 Å². The second kappa shape index (κ2) is 14.0. The van der Waals surface area contributed by atoms with Gasteiger partial charge < -0.3 is 18.9 Å². The molecule has 0 aliphatic heterocycles. The maximum Gasteiger partial charge on any atom is 0.306 e. The third-order valence-electron chi connectivity index (χ3n) is 4.71. The molecule has 0 radical (unpaired) electrons. The van der Waals surface area contributed by atoms with Crippen molar-refractivity contribution >= 4 is 23.9 Å². The summed E-state index contributed by atoms with van der Waals surface area (Å²) in [5.41, 5.74) is 0. The van der Waals surface area contributed by atoms with Crippen molar-refractivity contribution in [3.8, 4) is 0 Å². The topological polar surface area (TPSA) is 105 Å². The van der Waals surface area contributed by atoms with Crippen LogP contribution < -0.4 is 0 Å². The summed E-state index contributed by atoms with van der Waals surface area (Å²) in [5.74, 6) is -1.76. The Morgan fingerprint density at radius 1 is 0.533 bits per heavy atom. The van der Waals surface area contributed by atoms with Crippen LogP contribution in [0.15, 0.2) is 0 Å². The Kier molecular flexibility index (Phi) is 12.1. The van der Waals surface area contributed by atoms with Gasteiger partial charge in [-0.3, -0.25) is 19.2 Å². The summed E-state index contributed by atoms with van der Waals surface area (Å²) >= 11 is 0. The molecule has 0 aromatic rings. The third kappa shape index (κ3) is 8.71. The molecular formula is C22H36O8. The van der Waals surface area contributed by atoms with E-state index in [-0.39, 0.29) is 25.7 Å². The van der Waals surface area contributed by atoms with E-state index in [1.54, 1.807) is 0 Å². The molecule has 0 aromatic carbocycles. The van der Waals surface area contributed by atoms with Gasteiger partial charge in [0.25, 0.3) is 0 Å². The molecule has 8 heteroatoms. The largest absolute Gasteiger partial charge is 0.458 e. The number of ether oxygens (including phenoxy) is 4. The standard InChI is InChI=1S/C22H36O8/c1-5-9-17(23)27-15-13-14-16(28-18(24)10-6-2)22(30-20(26)12-8-4)21(15)29-19(25)11-7-3/h15-16,21-22H,5-14H2,1-4H3/t15-,16-,21-,22-/m0/s1. The minimum Gasteiger partial charge on any atom is -0.458 e. The summed E-state index contributed by atoms with van der Waals surface area (Å²) in [6.45, 7) is 7.41. The lowest BCUT2D eigenvalue weighted by molar-refractivity contribution is -0.212. The highest BCUT2D eigenvalue weighted by Crippen LogP contribution is 2.31. The molecule has 0 unspecified atom stereocenters. The maximum atomic E-state index is 12.2. The highest BCUT2D eigenvalue weighted by atomic mass is 16.6. The molecule has 0 amide bonds. The fraction of sp³-hybridized carbons (Fsp3) is 0.818. The van der Waals surface area contributed by atoms with Crippen LogP contribution in [0.1, 0.15) is 91.9 Å². The predicted octanol–water partition coefficient (Wildman–Crippen LogP) is 3.63. The molecule has 0 aromatic heterocycles. The number of esters is 4. The van der Waals surface area contributed by atoms with Crippen LogP contribution in [-0.2, 0) is 38.1 Å². The minimum atomic E-state index is -1.01. The number of hydrogen-bond acceptors (Lipinski definition) is 8. The molecule has 172 valence electrons. The van der Waals surface area contributed by atoms with Crippen molar-refractivity contribution in [1.82, 2.24) is 0 Å². The number of carbonyl (C=O) groups excluding carboxylic acids is 4. The van der Waals surface area contributed by atoms with E-state index in [0.29, 0.717) is 38.5 Å². The van der Waals surface area contributed by atoms with Crippen LogP contribution >= 0.6 is 0 Å². The highest BCUT2D eigenvalue weighted by molar-refractivity contribution is 5.72. The fourth-order valence-electron chi connectivity index (χ4n) is 3.31. The van der Waals surface area contributed by atoms with E-state index in [2.05, 4.69) is 0 Å². The SMILES string of the molecule is CCCC(=O)O[C@@H]1[C@@H](OC(=O)CCC)[C@@H](OC(=O)CCC)CC[C@@H]1OC(=O)CCC. The van der Waals surface area contributed by atoms with Gasteiger partial charge >= 0.3 is 23.9 Å². The maximum absolute atomic E-state index is 12.2.